The number of allylic oxidation sites excluding steroid dienone is 1. The van der Waals surface area contributed by atoms with Crippen LogP contribution in [-0.2, 0) is 17.8 Å². The number of carbonyl (C=O) groups excluding carboxylic acids is 1. The number of anilines is 1. The molecule has 2 fully saturated rings. The van der Waals surface area contributed by atoms with Gasteiger partial charge < -0.3 is 10.2 Å². The van der Waals surface area contributed by atoms with Crippen molar-refractivity contribution in [3.05, 3.63) is 104 Å². The zero-order valence-corrected chi connectivity index (χ0v) is 24.1. The highest BCUT2D eigenvalue weighted by atomic mass is 19.2. The van der Waals surface area contributed by atoms with Gasteiger partial charge in [0.25, 0.3) is 0 Å². The Morgan fingerprint density at radius 1 is 1.02 bits per heavy atom. The number of nitrogens with one attached hydrogen (secondary N) is 1. The van der Waals surface area contributed by atoms with Crippen molar-refractivity contribution in [2.45, 2.75) is 39.3 Å². The van der Waals surface area contributed by atoms with Crippen LogP contribution in [0, 0.1) is 34.7 Å². The van der Waals surface area contributed by atoms with E-state index in [1.165, 1.54) is 6.20 Å². The standard InChI is InChI=1S/C32H29F3N6O3/c1-32(2)20-16-39-27(26(20)32)28(42)37-10-5-3-4-7-17-8-6-9-18-13-36-14-24(25(17)18)41-30(43)38-29(39)40(31(41)44)15-19-11-22(34)23(35)12-21(19)33/h3-4,6,8-9,11-14,20,26-27H,5,7,10,15-16H2,1-2H3,(H,37,42)/b4-3+. The molecule has 9 nitrogen and oxygen atoms in total. The van der Waals surface area contributed by atoms with E-state index in [2.05, 4.69) is 29.1 Å². The fraction of sp³-hybridized carbons (Fsp3) is 0.344. The Balaban J connectivity index is 1.51. The van der Waals surface area contributed by atoms with Gasteiger partial charge in [0.15, 0.2) is 11.6 Å². The van der Waals surface area contributed by atoms with Crippen LogP contribution in [0.5, 0.6) is 0 Å². The summed E-state index contributed by atoms with van der Waals surface area (Å²) in [5, 5.41) is 4.30. The molecular weight excluding hydrogens is 573 g/mol. The van der Waals surface area contributed by atoms with Gasteiger partial charge >= 0.3 is 11.4 Å². The topological polar surface area (TPSA) is 102 Å². The monoisotopic (exact) mass is 602 g/mol. The van der Waals surface area contributed by atoms with Crippen molar-refractivity contribution in [1.29, 1.82) is 0 Å². The fourth-order valence-electron chi connectivity index (χ4n) is 7.04. The molecule has 12 heteroatoms. The van der Waals surface area contributed by atoms with Gasteiger partial charge in [0, 0.05) is 41.7 Å². The SMILES string of the molecule is CC1(C)C2CN3c4nc(=O)n(c(=O)n4Cc4cc(F)c(F)cc4F)-c4cncc5cccc(c45)C/C=C/CCNC(=O)C3C21. The van der Waals surface area contributed by atoms with Gasteiger partial charge in [-0.1, -0.05) is 44.2 Å². The zero-order chi connectivity index (χ0) is 30.9. The van der Waals surface area contributed by atoms with Crippen LogP contribution in [0.3, 0.4) is 0 Å². The smallest absolute Gasteiger partial charge is 0.354 e. The maximum absolute atomic E-state index is 15.0. The first-order chi connectivity index (χ1) is 21.1. The molecule has 2 bridgehead atoms. The lowest BCUT2D eigenvalue weighted by Crippen LogP contribution is -2.52. The van der Waals surface area contributed by atoms with E-state index in [4.69, 9.17) is 0 Å². The predicted octanol–water partition coefficient (Wildman–Crippen LogP) is 3.49. The molecule has 1 saturated heterocycles. The minimum Gasteiger partial charge on any atom is -0.354 e. The molecule has 1 saturated carbocycles. The summed E-state index contributed by atoms with van der Waals surface area (Å²) in [7, 11) is 0. The normalized spacial score (nSPS) is 22.9. The number of piperidine rings is 1. The minimum absolute atomic E-state index is 0.0745. The molecule has 3 aliphatic heterocycles. The van der Waals surface area contributed by atoms with Crippen LogP contribution >= 0.6 is 0 Å². The zero-order valence-electron chi connectivity index (χ0n) is 24.1. The van der Waals surface area contributed by atoms with Gasteiger partial charge in [0.2, 0.25) is 11.9 Å². The first-order valence-electron chi connectivity index (χ1n) is 14.5. The number of hydrogen-bond acceptors (Lipinski definition) is 6. The van der Waals surface area contributed by atoms with Gasteiger partial charge in [-0.3, -0.25) is 14.3 Å². The Labute approximate surface area is 249 Å². The highest BCUT2D eigenvalue weighted by Crippen LogP contribution is 2.65. The average molecular weight is 603 g/mol. The molecule has 1 amide bonds. The number of nitrogens with zero attached hydrogens (tertiary/aromatic N) is 5. The first-order valence-corrected chi connectivity index (χ1v) is 14.5. The summed E-state index contributed by atoms with van der Waals surface area (Å²) in [6.45, 7) is 4.27. The molecule has 2 aromatic heterocycles. The Bertz CT molecular complexity index is 2000. The summed E-state index contributed by atoms with van der Waals surface area (Å²) in [5.41, 5.74) is -1.25. The average Bonchev–Trinajstić information content (AvgIpc) is 3.30. The molecule has 1 N–H and O–H groups in total. The van der Waals surface area contributed by atoms with Crippen LogP contribution in [0.2, 0.25) is 0 Å². The lowest BCUT2D eigenvalue weighted by Gasteiger charge is -2.32. The molecule has 3 unspecified atom stereocenters. The molecule has 5 heterocycles. The third-order valence-electron chi connectivity index (χ3n) is 9.41. The number of carbonyl (C=O) groups is 1. The van der Waals surface area contributed by atoms with Crippen molar-refractivity contribution in [3.63, 3.8) is 0 Å². The second-order valence-electron chi connectivity index (χ2n) is 12.2. The van der Waals surface area contributed by atoms with Crippen molar-refractivity contribution in [1.82, 2.24) is 24.4 Å². The van der Waals surface area contributed by atoms with Gasteiger partial charge in [-0.15, -0.1) is 0 Å². The van der Waals surface area contributed by atoms with E-state index in [1.807, 2.05) is 30.4 Å². The Hall–Kier alpha value is -4.74. The number of aromatic nitrogens is 4. The van der Waals surface area contributed by atoms with Crippen molar-refractivity contribution in [3.8, 4) is 5.69 Å². The second-order valence-corrected chi connectivity index (χ2v) is 12.2. The molecule has 8 rings (SSSR count). The van der Waals surface area contributed by atoms with Crippen LogP contribution in [0.15, 0.2) is 64.5 Å². The van der Waals surface area contributed by atoms with Gasteiger partial charge in [0.05, 0.1) is 18.4 Å². The highest BCUT2D eigenvalue weighted by Gasteiger charge is 2.69. The van der Waals surface area contributed by atoms with Crippen molar-refractivity contribution in [2.24, 2.45) is 17.3 Å². The molecule has 44 heavy (non-hydrogen) atoms. The van der Waals surface area contributed by atoms with E-state index >= 15 is 0 Å². The summed E-state index contributed by atoms with van der Waals surface area (Å²) in [5.74, 6) is -4.13. The number of rotatable bonds is 2. The molecule has 1 aliphatic carbocycles. The van der Waals surface area contributed by atoms with Gasteiger partial charge in [-0.25, -0.2) is 27.3 Å². The van der Waals surface area contributed by atoms with Crippen LogP contribution in [-0.4, -0.2) is 44.1 Å². The van der Waals surface area contributed by atoms with Crippen molar-refractivity contribution in [2.75, 3.05) is 18.0 Å². The summed E-state index contributed by atoms with van der Waals surface area (Å²) < 4.78 is 45.0. The number of halogens is 3. The first kappa shape index (κ1) is 28.1. The molecule has 4 aromatic rings. The van der Waals surface area contributed by atoms with Crippen LogP contribution in [0.25, 0.3) is 16.5 Å². The minimum atomic E-state index is -1.37. The van der Waals surface area contributed by atoms with E-state index in [9.17, 15) is 27.6 Å². The Morgan fingerprint density at radius 2 is 1.82 bits per heavy atom. The molecule has 3 atom stereocenters. The molecule has 0 spiro atoms. The molecule has 4 aliphatic rings. The second kappa shape index (κ2) is 10.2. The quantitative estimate of drug-likeness (QED) is 0.279. The summed E-state index contributed by atoms with van der Waals surface area (Å²) >= 11 is 0. The Kier molecular flexibility index (Phi) is 6.49. The molecule has 0 radical (unpaired) electrons. The number of amides is 1. The van der Waals surface area contributed by atoms with Gasteiger partial charge in [-0.2, -0.15) is 4.98 Å². The third-order valence-corrected chi connectivity index (χ3v) is 9.41. The number of benzene rings is 2. The highest BCUT2D eigenvalue weighted by molar-refractivity contribution is 5.92. The van der Waals surface area contributed by atoms with E-state index in [-0.39, 0.29) is 40.4 Å². The van der Waals surface area contributed by atoms with E-state index in [0.717, 1.165) is 14.7 Å². The lowest BCUT2D eigenvalue weighted by molar-refractivity contribution is -0.122. The predicted molar refractivity (Wildman–Crippen MR) is 157 cm³/mol. The van der Waals surface area contributed by atoms with Crippen LogP contribution in [0.4, 0.5) is 19.1 Å². The molecular formula is C32H29F3N6O3. The van der Waals surface area contributed by atoms with Crippen molar-refractivity contribution < 1.29 is 18.0 Å². The van der Waals surface area contributed by atoms with Crippen LogP contribution < -0.4 is 21.6 Å². The van der Waals surface area contributed by atoms with E-state index in [1.54, 1.807) is 11.1 Å². The number of pyridine rings is 1. The fourth-order valence-corrected chi connectivity index (χ4v) is 7.04. The van der Waals surface area contributed by atoms with Crippen molar-refractivity contribution >= 4 is 22.6 Å². The largest absolute Gasteiger partial charge is 0.359 e. The van der Waals surface area contributed by atoms with Gasteiger partial charge in [0.1, 0.15) is 11.9 Å². The summed E-state index contributed by atoms with van der Waals surface area (Å²) in [4.78, 5) is 52.1. The lowest BCUT2D eigenvalue weighted by atomic mass is 10.0. The maximum Gasteiger partial charge on any atom is 0.359 e. The molecule has 2 aromatic carbocycles. The Morgan fingerprint density at radius 3 is 2.64 bits per heavy atom. The third kappa shape index (κ3) is 4.34. The molecule has 226 valence electrons. The summed E-state index contributed by atoms with van der Waals surface area (Å²) in [6, 6.07) is 5.89. The van der Waals surface area contributed by atoms with Gasteiger partial charge in [-0.05, 0) is 41.7 Å². The van der Waals surface area contributed by atoms with Crippen LogP contribution in [0.1, 0.15) is 31.4 Å². The van der Waals surface area contributed by atoms with E-state index < -0.39 is 41.4 Å². The maximum atomic E-state index is 15.0. The number of fused-ring (bicyclic) bond motifs is 8. The summed E-state index contributed by atoms with van der Waals surface area (Å²) in [6.07, 6.45) is 8.05. The number of hydrogen-bond donors (Lipinski definition) is 1. The van der Waals surface area contributed by atoms with E-state index in [0.29, 0.717) is 48.8 Å².